The highest BCUT2D eigenvalue weighted by atomic mass is 19.1. The normalized spacial score (nSPS) is 14.5. The van der Waals surface area contributed by atoms with Gasteiger partial charge in [-0.25, -0.2) is 10.2 Å². The third kappa shape index (κ3) is 5.45. The van der Waals surface area contributed by atoms with Gasteiger partial charge in [0.15, 0.2) is 0 Å². The van der Waals surface area contributed by atoms with E-state index in [1.807, 2.05) is 38.1 Å². The van der Waals surface area contributed by atoms with Crippen LogP contribution in [0.4, 0.5) is 15.8 Å². The number of hydrazine groups is 1. The SMILES string of the molecule is Cc1ccc(C(CC(=O)O)c2ccc(N(C)N)c(N)c2C)cc1CN1CCOc2ccc(F)cc2C1. The summed E-state index contributed by atoms with van der Waals surface area (Å²) in [5.41, 5.74) is 13.2. The first-order chi connectivity index (χ1) is 17.1. The van der Waals surface area contributed by atoms with E-state index in [9.17, 15) is 14.3 Å². The molecule has 0 aromatic heterocycles. The van der Waals surface area contributed by atoms with E-state index < -0.39 is 5.97 Å². The van der Waals surface area contributed by atoms with E-state index in [1.165, 1.54) is 17.1 Å². The maximum atomic E-state index is 13.8. The molecule has 1 atom stereocenters. The molecule has 0 amide bonds. The molecule has 0 spiro atoms. The van der Waals surface area contributed by atoms with E-state index in [1.54, 1.807) is 13.1 Å². The number of fused-ring (bicyclic) bond motifs is 1. The number of nitrogens with two attached hydrogens (primary N) is 2. The molecule has 0 fully saturated rings. The molecular weight excluding hydrogens is 459 g/mol. The number of carboxylic acid groups (broad SMARTS) is 1. The smallest absolute Gasteiger partial charge is 0.304 e. The lowest BCUT2D eigenvalue weighted by Gasteiger charge is -2.25. The molecule has 0 saturated heterocycles. The molecule has 0 bridgehead atoms. The van der Waals surface area contributed by atoms with Crippen LogP contribution in [0.1, 0.15) is 45.7 Å². The summed E-state index contributed by atoms with van der Waals surface area (Å²) in [5.74, 6) is 5.07. The highest BCUT2D eigenvalue weighted by molar-refractivity contribution is 5.74. The van der Waals surface area contributed by atoms with Crippen molar-refractivity contribution in [3.63, 3.8) is 0 Å². The van der Waals surface area contributed by atoms with Gasteiger partial charge >= 0.3 is 5.97 Å². The molecule has 3 aromatic carbocycles. The minimum Gasteiger partial charge on any atom is -0.492 e. The second kappa shape index (κ2) is 10.6. The van der Waals surface area contributed by atoms with Crippen molar-refractivity contribution < 1.29 is 19.0 Å². The number of hydrogen-bond acceptors (Lipinski definition) is 6. The second-order valence-electron chi connectivity index (χ2n) is 9.47. The molecule has 5 N–H and O–H groups in total. The van der Waals surface area contributed by atoms with Crippen molar-refractivity contribution in [2.24, 2.45) is 5.84 Å². The van der Waals surface area contributed by atoms with Crippen LogP contribution in [0.5, 0.6) is 5.75 Å². The average molecular weight is 493 g/mol. The second-order valence-corrected chi connectivity index (χ2v) is 9.47. The first-order valence-electron chi connectivity index (χ1n) is 12.0. The standard InChI is InChI=1S/C28H33FN4O3/c1-17-4-5-19(24(14-27(34)35)23-7-8-25(32(3)31)28(30)18(23)2)12-20(17)15-33-10-11-36-26-9-6-22(29)13-21(26)16-33/h4-9,12-13,24H,10-11,14-16,30-31H2,1-3H3,(H,34,35). The van der Waals surface area contributed by atoms with E-state index in [2.05, 4.69) is 11.0 Å². The number of aryl methyl sites for hydroxylation is 1. The highest BCUT2D eigenvalue weighted by Gasteiger charge is 2.24. The summed E-state index contributed by atoms with van der Waals surface area (Å²) in [6.45, 7) is 6.36. The third-order valence-electron chi connectivity index (χ3n) is 6.92. The summed E-state index contributed by atoms with van der Waals surface area (Å²) < 4.78 is 19.7. The molecule has 36 heavy (non-hydrogen) atoms. The summed E-state index contributed by atoms with van der Waals surface area (Å²) in [4.78, 5) is 14.1. The van der Waals surface area contributed by atoms with Crippen molar-refractivity contribution in [3.8, 4) is 5.75 Å². The van der Waals surface area contributed by atoms with Crippen LogP contribution < -0.4 is 21.3 Å². The lowest BCUT2D eigenvalue weighted by atomic mass is 9.84. The lowest BCUT2D eigenvalue weighted by Crippen LogP contribution is -2.26. The molecule has 1 unspecified atom stereocenters. The summed E-state index contributed by atoms with van der Waals surface area (Å²) in [7, 11) is 1.71. The van der Waals surface area contributed by atoms with Gasteiger partial charge in [-0.3, -0.25) is 9.69 Å². The third-order valence-corrected chi connectivity index (χ3v) is 6.92. The molecule has 8 heteroatoms. The molecule has 1 heterocycles. The van der Waals surface area contributed by atoms with E-state index >= 15 is 0 Å². The Morgan fingerprint density at radius 2 is 1.97 bits per heavy atom. The van der Waals surface area contributed by atoms with Gasteiger partial charge in [0.1, 0.15) is 18.2 Å². The van der Waals surface area contributed by atoms with Crippen molar-refractivity contribution in [2.75, 3.05) is 30.9 Å². The zero-order valence-corrected chi connectivity index (χ0v) is 20.9. The topological polar surface area (TPSA) is 105 Å². The van der Waals surface area contributed by atoms with Gasteiger partial charge in [0.25, 0.3) is 0 Å². The number of nitrogens with zero attached hydrogens (tertiary/aromatic N) is 2. The summed E-state index contributed by atoms with van der Waals surface area (Å²) in [5, 5.41) is 11.2. The lowest BCUT2D eigenvalue weighted by molar-refractivity contribution is -0.137. The minimum absolute atomic E-state index is 0.0647. The van der Waals surface area contributed by atoms with Crippen molar-refractivity contribution in [2.45, 2.75) is 39.3 Å². The van der Waals surface area contributed by atoms with E-state index in [0.717, 1.165) is 33.4 Å². The molecule has 0 aliphatic carbocycles. The zero-order valence-electron chi connectivity index (χ0n) is 20.9. The Morgan fingerprint density at radius 1 is 1.19 bits per heavy atom. The predicted molar refractivity (Wildman–Crippen MR) is 139 cm³/mol. The van der Waals surface area contributed by atoms with Gasteiger partial charge in [0.05, 0.1) is 17.8 Å². The number of rotatable bonds is 7. The number of halogens is 1. The fourth-order valence-electron chi connectivity index (χ4n) is 4.87. The fraction of sp³-hybridized carbons (Fsp3) is 0.321. The Bertz CT molecular complexity index is 1280. The number of carbonyl (C=O) groups is 1. The largest absolute Gasteiger partial charge is 0.492 e. The number of carboxylic acids is 1. The van der Waals surface area contributed by atoms with E-state index in [4.69, 9.17) is 16.3 Å². The molecular formula is C28H33FN4O3. The maximum absolute atomic E-state index is 13.8. The number of ether oxygens (including phenoxy) is 1. The van der Waals surface area contributed by atoms with Crippen molar-refractivity contribution >= 4 is 17.3 Å². The van der Waals surface area contributed by atoms with Gasteiger partial charge in [-0.1, -0.05) is 24.3 Å². The van der Waals surface area contributed by atoms with Crippen LogP contribution in [0.15, 0.2) is 48.5 Å². The van der Waals surface area contributed by atoms with Crippen molar-refractivity contribution in [3.05, 3.63) is 87.7 Å². The predicted octanol–water partition coefficient (Wildman–Crippen LogP) is 4.34. The van der Waals surface area contributed by atoms with Crippen LogP contribution >= 0.6 is 0 Å². The van der Waals surface area contributed by atoms with Crippen molar-refractivity contribution in [1.29, 1.82) is 0 Å². The molecule has 190 valence electrons. The van der Waals surface area contributed by atoms with Gasteiger partial charge in [0.2, 0.25) is 0 Å². The van der Waals surface area contributed by atoms with Crippen LogP contribution in [-0.4, -0.2) is 36.2 Å². The molecule has 1 aliphatic rings. The molecule has 3 aromatic rings. The van der Waals surface area contributed by atoms with Gasteiger partial charge in [-0.2, -0.15) is 0 Å². The van der Waals surface area contributed by atoms with Crippen molar-refractivity contribution in [1.82, 2.24) is 4.90 Å². The number of aliphatic carboxylic acids is 1. The van der Waals surface area contributed by atoms with Crippen LogP contribution in [0.2, 0.25) is 0 Å². The molecule has 7 nitrogen and oxygen atoms in total. The van der Waals surface area contributed by atoms with E-state index in [0.29, 0.717) is 43.4 Å². The van der Waals surface area contributed by atoms with Gasteiger partial charge in [-0.05, 0) is 65.9 Å². The van der Waals surface area contributed by atoms with Gasteiger partial charge in [-0.15, -0.1) is 0 Å². The van der Waals surface area contributed by atoms with E-state index in [-0.39, 0.29) is 18.2 Å². The monoisotopic (exact) mass is 492 g/mol. The van der Waals surface area contributed by atoms with Crippen LogP contribution in [0.3, 0.4) is 0 Å². The molecule has 0 radical (unpaired) electrons. The molecule has 0 saturated carbocycles. The quantitative estimate of drug-likeness (QED) is 0.256. The Labute approximate surface area is 211 Å². The summed E-state index contributed by atoms with van der Waals surface area (Å²) in [6, 6.07) is 14.5. The first kappa shape index (κ1) is 25.5. The van der Waals surface area contributed by atoms with Gasteiger partial charge in [0, 0.05) is 38.2 Å². The highest BCUT2D eigenvalue weighted by Crippen LogP contribution is 2.37. The number of anilines is 2. The van der Waals surface area contributed by atoms with Crippen LogP contribution in [-0.2, 0) is 17.9 Å². The minimum atomic E-state index is -0.886. The number of benzene rings is 3. The molecule has 1 aliphatic heterocycles. The Kier molecular flexibility index (Phi) is 7.47. The van der Waals surface area contributed by atoms with Crippen LogP contribution in [0, 0.1) is 19.7 Å². The fourth-order valence-corrected chi connectivity index (χ4v) is 4.87. The number of hydrogen-bond donors (Lipinski definition) is 3. The maximum Gasteiger partial charge on any atom is 0.304 e. The number of nitrogen functional groups attached to an aromatic ring is 1. The molecule has 4 rings (SSSR count). The Morgan fingerprint density at radius 3 is 2.69 bits per heavy atom. The Hall–Kier alpha value is -3.62. The van der Waals surface area contributed by atoms with Crippen LogP contribution in [0.25, 0.3) is 0 Å². The average Bonchev–Trinajstić information content (AvgIpc) is 3.01. The van der Waals surface area contributed by atoms with Gasteiger partial charge < -0.3 is 20.6 Å². The Balaban J connectivity index is 1.67. The summed E-state index contributed by atoms with van der Waals surface area (Å²) in [6.07, 6.45) is -0.0647. The zero-order chi connectivity index (χ0) is 26.0. The first-order valence-corrected chi connectivity index (χ1v) is 12.0. The summed E-state index contributed by atoms with van der Waals surface area (Å²) >= 11 is 0.